The molecule has 80 valence electrons. The zero-order chi connectivity index (χ0) is 10.7. The second kappa shape index (κ2) is 4.47. The Labute approximate surface area is 89.7 Å². The number of aromatic nitrogens is 1. The normalized spacial score (nSPS) is 13.2. The quantitative estimate of drug-likeness (QED) is 0.700. The molecule has 2 aromatic rings. The lowest BCUT2D eigenvalue weighted by atomic mass is 10.1. The van der Waals surface area contributed by atoms with Gasteiger partial charge in [0.1, 0.15) is 0 Å². The maximum atomic E-state index is 5.99. The van der Waals surface area contributed by atoms with Crippen LogP contribution >= 0.6 is 0 Å². The standard InChI is InChI=1S/C12H17N3/c1-14-8-10(13)6-9-7-15-12-5-3-2-4-11(9)12/h2-5,7,10,14-15H,6,8,13H2,1H3/t10-/m1/s1. The van der Waals surface area contributed by atoms with E-state index < -0.39 is 0 Å². The molecule has 0 aliphatic rings. The van der Waals surface area contributed by atoms with E-state index in [0.29, 0.717) is 0 Å². The van der Waals surface area contributed by atoms with Crippen LogP contribution < -0.4 is 11.1 Å². The maximum absolute atomic E-state index is 5.99. The van der Waals surface area contributed by atoms with Gasteiger partial charge in [-0.2, -0.15) is 0 Å². The van der Waals surface area contributed by atoms with Crippen molar-refractivity contribution in [1.29, 1.82) is 0 Å². The molecule has 0 fully saturated rings. The minimum absolute atomic E-state index is 0.175. The van der Waals surface area contributed by atoms with Gasteiger partial charge in [0.15, 0.2) is 0 Å². The molecular formula is C12H17N3. The highest BCUT2D eigenvalue weighted by atomic mass is 14.9. The molecule has 4 N–H and O–H groups in total. The van der Waals surface area contributed by atoms with Crippen molar-refractivity contribution in [3.8, 4) is 0 Å². The van der Waals surface area contributed by atoms with Gasteiger partial charge in [0.2, 0.25) is 0 Å². The first kappa shape index (κ1) is 10.2. The fraction of sp³-hybridized carbons (Fsp3) is 0.333. The van der Waals surface area contributed by atoms with E-state index in [-0.39, 0.29) is 6.04 Å². The largest absolute Gasteiger partial charge is 0.361 e. The summed E-state index contributed by atoms with van der Waals surface area (Å²) >= 11 is 0. The van der Waals surface area contributed by atoms with E-state index in [0.717, 1.165) is 13.0 Å². The van der Waals surface area contributed by atoms with Crippen molar-refractivity contribution in [3.05, 3.63) is 36.0 Å². The summed E-state index contributed by atoms with van der Waals surface area (Å²) in [5.41, 5.74) is 8.47. The number of rotatable bonds is 4. The highest BCUT2D eigenvalue weighted by Gasteiger charge is 2.07. The van der Waals surface area contributed by atoms with Gasteiger partial charge in [-0.05, 0) is 25.1 Å². The fourth-order valence-corrected chi connectivity index (χ4v) is 1.92. The Morgan fingerprint density at radius 1 is 1.40 bits per heavy atom. The number of nitrogens with one attached hydrogen (secondary N) is 2. The number of H-pyrrole nitrogens is 1. The number of hydrogen-bond acceptors (Lipinski definition) is 2. The Kier molecular flexibility index (Phi) is 3.04. The molecule has 0 saturated heterocycles. The molecule has 1 aromatic heterocycles. The Hall–Kier alpha value is -1.32. The lowest BCUT2D eigenvalue weighted by Crippen LogP contribution is -2.33. The van der Waals surface area contributed by atoms with E-state index in [2.05, 4.69) is 34.7 Å². The van der Waals surface area contributed by atoms with Gasteiger partial charge in [-0.25, -0.2) is 0 Å². The SMILES string of the molecule is CNC[C@H](N)Cc1c[nH]c2ccccc12. The lowest BCUT2D eigenvalue weighted by molar-refractivity contribution is 0.617. The van der Waals surface area contributed by atoms with Crippen LogP contribution in [0.1, 0.15) is 5.56 Å². The summed E-state index contributed by atoms with van der Waals surface area (Å²) in [6.07, 6.45) is 2.96. The van der Waals surface area contributed by atoms with Gasteiger partial charge in [-0.15, -0.1) is 0 Å². The van der Waals surface area contributed by atoms with Crippen molar-refractivity contribution >= 4 is 10.9 Å². The lowest BCUT2D eigenvalue weighted by Gasteiger charge is -2.09. The van der Waals surface area contributed by atoms with Crippen LogP contribution in [0, 0.1) is 0 Å². The van der Waals surface area contributed by atoms with E-state index in [4.69, 9.17) is 5.73 Å². The first-order chi connectivity index (χ1) is 7.31. The molecule has 3 nitrogen and oxygen atoms in total. The van der Waals surface area contributed by atoms with Crippen molar-refractivity contribution in [3.63, 3.8) is 0 Å². The Bertz CT molecular complexity index is 433. The molecule has 0 saturated carbocycles. The molecule has 2 rings (SSSR count). The molecule has 0 aliphatic carbocycles. The van der Waals surface area contributed by atoms with E-state index >= 15 is 0 Å². The molecule has 1 atom stereocenters. The van der Waals surface area contributed by atoms with Crippen LogP contribution in [0.5, 0.6) is 0 Å². The van der Waals surface area contributed by atoms with E-state index in [1.807, 2.05) is 13.1 Å². The Balaban J connectivity index is 2.21. The van der Waals surface area contributed by atoms with Crippen LogP contribution in [-0.2, 0) is 6.42 Å². The van der Waals surface area contributed by atoms with Crippen LogP contribution in [0.2, 0.25) is 0 Å². The van der Waals surface area contributed by atoms with E-state index in [1.165, 1.54) is 16.5 Å². The van der Waals surface area contributed by atoms with Gasteiger partial charge in [-0.3, -0.25) is 0 Å². The third-order valence-corrected chi connectivity index (χ3v) is 2.62. The highest BCUT2D eigenvalue weighted by Crippen LogP contribution is 2.18. The third kappa shape index (κ3) is 2.19. The molecule has 3 heteroatoms. The summed E-state index contributed by atoms with van der Waals surface area (Å²) in [4.78, 5) is 3.26. The number of nitrogens with two attached hydrogens (primary N) is 1. The summed E-state index contributed by atoms with van der Waals surface area (Å²) in [7, 11) is 1.93. The summed E-state index contributed by atoms with van der Waals surface area (Å²) in [6.45, 7) is 0.847. The van der Waals surface area contributed by atoms with Crippen LogP contribution in [0.25, 0.3) is 10.9 Å². The third-order valence-electron chi connectivity index (χ3n) is 2.62. The molecule has 1 aromatic carbocycles. The molecule has 1 heterocycles. The minimum atomic E-state index is 0.175. The van der Waals surface area contributed by atoms with Gasteiger partial charge in [0, 0.05) is 29.7 Å². The molecular weight excluding hydrogens is 186 g/mol. The monoisotopic (exact) mass is 203 g/mol. The van der Waals surface area contributed by atoms with Gasteiger partial charge in [-0.1, -0.05) is 18.2 Å². The molecule has 0 spiro atoms. The summed E-state index contributed by atoms with van der Waals surface area (Å²) in [5.74, 6) is 0. The van der Waals surface area contributed by atoms with Gasteiger partial charge in [0.05, 0.1) is 0 Å². The van der Waals surface area contributed by atoms with Gasteiger partial charge < -0.3 is 16.0 Å². The summed E-state index contributed by atoms with van der Waals surface area (Å²) in [6, 6.07) is 8.49. The number of para-hydroxylation sites is 1. The maximum Gasteiger partial charge on any atom is 0.0456 e. The Morgan fingerprint density at radius 2 is 2.20 bits per heavy atom. The average molecular weight is 203 g/mol. The van der Waals surface area contributed by atoms with Gasteiger partial charge >= 0.3 is 0 Å². The zero-order valence-corrected chi connectivity index (χ0v) is 8.96. The van der Waals surface area contributed by atoms with Crippen molar-refractivity contribution in [1.82, 2.24) is 10.3 Å². The van der Waals surface area contributed by atoms with Crippen LogP contribution in [0.4, 0.5) is 0 Å². The predicted molar refractivity (Wildman–Crippen MR) is 63.9 cm³/mol. The molecule has 15 heavy (non-hydrogen) atoms. The smallest absolute Gasteiger partial charge is 0.0456 e. The number of likely N-dealkylation sites (N-methyl/N-ethyl adjacent to an activating group) is 1. The molecule has 0 amide bonds. The molecule has 0 aliphatic heterocycles. The van der Waals surface area contributed by atoms with Crippen molar-refractivity contribution in [2.24, 2.45) is 5.73 Å². The van der Waals surface area contributed by atoms with Gasteiger partial charge in [0.25, 0.3) is 0 Å². The Morgan fingerprint density at radius 3 is 3.00 bits per heavy atom. The predicted octanol–water partition coefficient (Wildman–Crippen LogP) is 1.26. The first-order valence-electron chi connectivity index (χ1n) is 5.26. The minimum Gasteiger partial charge on any atom is -0.361 e. The number of aromatic amines is 1. The number of benzene rings is 1. The highest BCUT2D eigenvalue weighted by molar-refractivity contribution is 5.83. The first-order valence-corrected chi connectivity index (χ1v) is 5.26. The molecule has 0 unspecified atom stereocenters. The van der Waals surface area contributed by atoms with E-state index in [9.17, 15) is 0 Å². The average Bonchev–Trinajstić information content (AvgIpc) is 2.62. The van der Waals surface area contributed by atoms with Crippen LogP contribution in [0.3, 0.4) is 0 Å². The fourth-order valence-electron chi connectivity index (χ4n) is 1.92. The summed E-state index contributed by atoms with van der Waals surface area (Å²) < 4.78 is 0. The molecule has 0 radical (unpaired) electrons. The number of fused-ring (bicyclic) bond motifs is 1. The summed E-state index contributed by atoms with van der Waals surface area (Å²) in [5, 5.41) is 4.37. The van der Waals surface area contributed by atoms with Crippen LogP contribution in [-0.4, -0.2) is 24.6 Å². The van der Waals surface area contributed by atoms with E-state index in [1.54, 1.807) is 0 Å². The second-order valence-corrected chi connectivity index (χ2v) is 3.88. The van der Waals surface area contributed by atoms with Crippen molar-refractivity contribution in [2.75, 3.05) is 13.6 Å². The topological polar surface area (TPSA) is 53.8 Å². The van der Waals surface area contributed by atoms with Crippen molar-refractivity contribution in [2.45, 2.75) is 12.5 Å². The zero-order valence-electron chi connectivity index (χ0n) is 8.96. The molecule has 0 bridgehead atoms. The van der Waals surface area contributed by atoms with Crippen molar-refractivity contribution < 1.29 is 0 Å². The second-order valence-electron chi connectivity index (χ2n) is 3.88. The number of hydrogen-bond donors (Lipinski definition) is 3. The van der Waals surface area contributed by atoms with Crippen LogP contribution in [0.15, 0.2) is 30.5 Å².